The summed E-state index contributed by atoms with van der Waals surface area (Å²) in [6.07, 6.45) is 9.66. The Morgan fingerprint density at radius 3 is 2.34 bits per heavy atom. The van der Waals surface area contributed by atoms with Crippen molar-refractivity contribution < 1.29 is 19.1 Å². The lowest BCUT2D eigenvalue weighted by Crippen LogP contribution is -2.45. The first-order valence-electron chi connectivity index (χ1n) is 15.0. The van der Waals surface area contributed by atoms with E-state index in [1.807, 2.05) is 43.4 Å². The Morgan fingerprint density at radius 1 is 1.05 bits per heavy atom. The van der Waals surface area contributed by atoms with Crippen molar-refractivity contribution in [1.29, 1.82) is 0 Å². The maximum atomic E-state index is 13.7. The van der Waals surface area contributed by atoms with Gasteiger partial charge in [-0.25, -0.2) is 0 Å². The number of nitrogens with one attached hydrogen (secondary N) is 1. The quantitative estimate of drug-likeness (QED) is 0.218. The zero-order valence-corrected chi connectivity index (χ0v) is 25.5. The number of nitrogens with zero attached hydrogens (tertiary/aromatic N) is 2. The third-order valence-corrected chi connectivity index (χ3v) is 8.31. The van der Waals surface area contributed by atoms with Crippen LogP contribution in [-0.4, -0.2) is 58.2 Å². The summed E-state index contributed by atoms with van der Waals surface area (Å²) in [4.78, 5) is 40.4. The van der Waals surface area contributed by atoms with Gasteiger partial charge in [0, 0.05) is 40.5 Å². The monoisotopic (exact) mass is 559 g/mol. The first-order valence-corrected chi connectivity index (χ1v) is 15.0. The molecule has 41 heavy (non-hydrogen) atoms. The van der Waals surface area contributed by atoms with Gasteiger partial charge in [-0.15, -0.1) is 0 Å². The van der Waals surface area contributed by atoms with E-state index in [0.717, 1.165) is 23.9 Å². The van der Waals surface area contributed by atoms with Crippen LogP contribution >= 0.6 is 0 Å². The van der Waals surface area contributed by atoms with Gasteiger partial charge in [-0.3, -0.25) is 14.4 Å². The lowest BCUT2D eigenvalue weighted by Gasteiger charge is -2.30. The molecule has 1 N–H and O–H groups in total. The number of hydrogen-bond acceptors (Lipinski definition) is 5. The Morgan fingerprint density at radius 2 is 1.73 bits per heavy atom. The van der Waals surface area contributed by atoms with Crippen LogP contribution in [-0.2, 0) is 22.4 Å². The number of fused-ring (bicyclic) bond motifs is 1. The van der Waals surface area contributed by atoms with Crippen molar-refractivity contribution in [3.8, 4) is 0 Å². The maximum Gasteiger partial charge on any atom is 0.325 e. The van der Waals surface area contributed by atoms with Crippen LogP contribution in [0.2, 0.25) is 0 Å². The number of amides is 1. The van der Waals surface area contributed by atoms with E-state index >= 15 is 0 Å². The van der Waals surface area contributed by atoms with Crippen molar-refractivity contribution in [2.24, 2.45) is 0 Å². The lowest BCUT2D eigenvalue weighted by atomic mass is 9.93. The molecule has 0 unspecified atom stereocenters. The zero-order chi connectivity index (χ0) is 29.7. The molecule has 0 bridgehead atoms. The Kier molecular flexibility index (Phi) is 9.69. The second kappa shape index (κ2) is 13.0. The number of carbonyl (C=O) groups is 3. The second-order valence-electron chi connectivity index (χ2n) is 12.2. The fraction of sp³-hybridized carbons (Fsp3) is 0.500. The topological polar surface area (TPSA) is 80.1 Å². The number of pyridine rings is 1. The van der Waals surface area contributed by atoms with Crippen LogP contribution in [0.1, 0.15) is 104 Å². The first kappa shape index (κ1) is 30.5. The second-order valence-corrected chi connectivity index (χ2v) is 12.2. The molecule has 1 aliphatic rings. The van der Waals surface area contributed by atoms with E-state index in [4.69, 9.17) is 4.74 Å². The van der Waals surface area contributed by atoms with Gasteiger partial charge in [0.05, 0.1) is 12.8 Å². The highest BCUT2D eigenvalue weighted by molar-refractivity contribution is 6.10. The van der Waals surface area contributed by atoms with Crippen LogP contribution in [0.15, 0.2) is 48.7 Å². The van der Waals surface area contributed by atoms with E-state index in [1.54, 1.807) is 18.3 Å². The molecule has 1 amide bonds. The predicted octanol–water partition coefficient (Wildman–Crippen LogP) is 6.00. The van der Waals surface area contributed by atoms with Gasteiger partial charge in [0.15, 0.2) is 0 Å². The molecule has 2 heterocycles. The average molecular weight is 560 g/mol. The molecule has 220 valence electrons. The number of carbonyl (C=O) groups excluding carboxylic acids is 3. The smallest absolute Gasteiger partial charge is 0.325 e. The SMILES string of the molecule is CCc1cc2cc(C(=O)N(CC(=O)OC)C(C)C)ccn2c1C(=O)c1ccc(CCC(C)(C)NC2CCCC2)cc1. The van der Waals surface area contributed by atoms with E-state index in [2.05, 4.69) is 31.3 Å². The molecular weight excluding hydrogens is 514 g/mol. The first-order chi connectivity index (χ1) is 19.5. The summed E-state index contributed by atoms with van der Waals surface area (Å²) in [5.74, 6) is -0.755. The van der Waals surface area contributed by atoms with Crippen molar-refractivity contribution in [2.75, 3.05) is 13.7 Å². The fourth-order valence-electron chi connectivity index (χ4n) is 5.86. The summed E-state index contributed by atoms with van der Waals surface area (Å²) in [5.41, 5.74) is 4.73. The van der Waals surface area contributed by atoms with Crippen LogP contribution < -0.4 is 5.32 Å². The van der Waals surface area contributed by atoms with Crippen molar-refractivity contribution >= 4 is 23.2 Å². The molecule has 2 aromatic heterocycles. The minimum absolute atomic E-state index is 0.0368. The lowest BCUT2D eigenvalue weighted by molar-refractivity contribution is -0.141. The molecule has 0 atom stereocenters. The molecule has 0 radical (unpaired) electrons. The summed E-state index contributed by atoms with van der Waals surface area (Å²) in [5, 5.41) is 3.84. The van der Waals surface area contributed by atoms with Gasteiger partial charge < -0.3 is 19.4 Å². The highest BCUT2D eigenvalue weighted by Gasteiger charge is 2.26. The Bertz CT molecular complexity index is 1380. The van der Waals surface area contributed by atoms with E-state index in [9.17, 15) is 14.4 Å². The van der Waals surface area contributed by atoms with Gasteiger partial charge in [0.25, 0.3) is 5.91 Å². The number of hydrogen-bond donors (Lipinski definition) is 1. The molecule has 1 saturated carbocycles. The summed E-state index contributed by atoms with van der Waals surface area (Å²) in [6, 6.07) is 13.9. The number of methoxy groups -OCH3 is 1. The normalized spacial score (nSPS) is 14.1. The standard InChI is InChI=1S/C34H45N3O4/c1-7-25-20-29-21-27(33(40)37(23(2)3)22-30(38)41-6)17-19-36(29)31(25)32(39)26-14-12-24(13-15-26)16-18-34(4,5)35-28-10-8-9-11-28/h12-15,17,19-21,23,28,35H,7-11,16,18,22H2,1-6H3. The third-order valence-electron chi connectivity index (χ3n) is 8.31. The van der Waals surface area contributed by atoms with Gasteiger partial charge in [0.2, 0.25) is 5.78 Å². The van der Waals surface area contributed by atoms with Crippen molar-refractivity contribution in [1.82, 2.24) is 14.6 Å². The number of esters is 1. The molecule has 1 aromatic carbocycles. The highest BCUT2D eigenvalue weighted by Crippen LogP contribution is 2.25. The van der Waals surface area contributed by atoms with E-state index in [1.165, 1.54) is 43.3 Å². The van der Waals surface area contributed by atoms with Crippen molar-refractivity contribution in [2.45, 2.75) is 97.2 Å². The van der Waals surface area contributed by atoms with Crippen LogP contribution in [0, 0.1) is 0 Å². The molecule has 4 rings (SSSR count). The molecular formula is C34H45N3O4. The molecule has 0 aliphatic heterocycles. The minimum atomic E-state index is -0.465. The number of aromatic nitrogens is 1. The maximum absolute atomic E-state index is 13.7. The Hall–Kier alpha value is -3.45. The molecule has 3 aromatic rings. The highest BCUT2D eigenvalue weighted by atomic mass is 16.5. The van der Waals surface area contributed by atoms with Crippen molar-refractivity contribution in [3.63, 3.8) is 0 Å². The van der Waals surface area contributed by atoms with E-state index < -0.39 is 5.97 Å². The molecule has 7 nitrogen and oxygen atoms in total. The van der Waals surface area contributed by atoms with Crippen LogP contribution in [0.4, 0.5) is 0 Å². The molecule has 1 aliphatic carbocycles. The number of ketones is 1. The number of rotatable bonds is 12. The Labute approximate surface area is 244 Å². The summed E-state index contributed by atoms with van der Waals surface area (Å²) >= 11 is 0. The largest absolute Gasteiger partial charge is 0.468 e. The summed E-state index contributed by atoms with van der Waals surface area (Å²) < 4.78 is 6.64. The third kappa shape index (κ3) is 7.25. The van der Waals surface area contributed by atoms with Gasteiger partial charge in [-0.2, -0.15) is 0 Å². The molecule has 7 heteroatoms. The summed E-state index contributed by atoms with van der Waals surface area (Å²) in [6.45, 7) is 10.2. The predicted molar refractivity (Wildman–Crippen MR) is 163 cm³/mol. The van der Waals surface area contributed by atoms with Crippen LogP contribution in [0.25, 0.3) is 5.52 Å². The van der Waals surface area contributed by atoms with Crippen molar-refractivity contribution in [3.05, 3.63) is 76.6 Å². The minimum Gasteiger partial charge on any atom is -0.468 e. The summed E-state index contributed by atoms with van der Waals surface area (Å²) in [7, 11) is 1.31. The zero-order valence-electron chi connectivity index (χ0n) is 25.5. The van der Waals surface area contributed by atoms with Gasteiger partial charge in [-0.05, 0) is 89.1 Å². The van der Waals surface area contributed by atoms with Gasteiger partial charge in [0.1, 0.15) is 6.54 Å². The van der Waals surface area contributed by atoms with Gasteiger partial charge in [-0.1, -0.05) is 44.0 Å². The van der Waals surface area contributed by atoms with E-state index in [-0.39, 0.29) is 29.8 Å². The average Bonchev–Trinajstić information content (AvgIpc) is 3.60. The van der Waals surface area contributed by atoms with E-state index in [0.29, 0.717) is 29.3 Å². The fourth-order valence-corrected chi connectivity index (χ4v) is 5.86. The van der Waals surface area contributed by atoms with Crippen LogP contribution in [0.3, 0.4) is 0 Å². The number of benzene rings is 1. The van der Waals surface area contributed by atoms with Gasteiger partial charge >= 0.3 is 5.97 Å². The molecule has 0 saturated heterocycles. The molecule has 1 fully saturated rings. The molecule has 0 spiro atoms. The Balaban J connectivity index is 1.51. The van der Waals surface area contributed by atoms with Crippen LogP contribution in [0.5, 0.6) is 0 Å². The number of aryl methyl sites for hydroxylation is 2. The number of ether oxygens (including phenoxy) is 1.